The Kier molecular flexibility index (Phi) is 3.58. The number of carbonyl (C=O) groups excluding carboxylic acids is 1. The van der Waals surface area contributed by atoms with Crippen LogP contribution in [0.4, 0.5) is 15.8 Å². The molecule has 0 aliphatic heterocycles. The second-order valence-corrected chi connectivity index (χ2v) is 4.24. The van der Waals surface area contributed by atoms with Crippen LogP contribution >= 0.6 is 0 Å². The molecule has 1 amide bonds. The fourth-order valence-electron chi connectivity index (χ4n) is 1.44. The molecule has 1 saturated carbocycles. The van der Waals surface area contributed by atoms with Gasteiger partial charge < -0.3 is 15.8 Å². The van der Waals surface area contributed by atoms with Crippen LogP contribution in [0.1, 0.15) is 12.8 Å². The van der Waals surface area contributed by atoms with Crippen LogP contribution in [0.15, 0.2) is 18.2 Å². The van der Waals surface area contributed by atoms with Gasteiger partial charge in [0.15, 0.2) is 0 Å². The van der Waals surface area contributed by atoms with E-state index < -0.39 is 5.82 Å². The van der Waals surface area contributed by atoms with Crippen LogP contribution in [0, 0.1) is 11.7 Å². The van der Waals surface area contributed by atoms with E-state index in [0.29, 0.717) is 18.2 Å². The van der Waals surface area contributed by atoms with Gasteiger partial charge in [0.05, 0.1) is 18.0 Å². The average Bonchev–Trinajstić information content (AvgIpc) is 3.06. The Morgan fingerprint density at radius 1 is 1.53 bits per heavy atom. The number of anilines is 2. The van der Waals surface area contributed by atoms with Crippen molar-refractivity contribution in [2.75, 3.05) is 24.3 Å². The minimum atomic E-state index is -0.425. The Hall–Kier alpha value is -1.62. The number of carbonyl (C=O) groups is 1. The maximum absolute atomic E-state index is 12.8. The van der Waals surface area contributed by atoms with E-state index in [9.17, 15) is 9.18 Å². The van der Waals surface area contributed by atoms with E-state index in [4.69, 9.17) is 10.5 Å². The molecule has 0 atom stereocenters. The zero-order valence-corrected chi connectivity index (χ0v) is 9.41. The van der Waals surface area contributed by atoms with Crippen molar-refractivity contribution in [2.24, 2.45) is 5.92 Å². The molecule has 1 aliphatic carbocycles. The highest BCUT2D eigenvalue weighted by Gasteiger charge is 2.21. The van der Waals surface area contributed by atoms with Crippen LogP contribution in [-0.2, 0) is 9.53 Å². The maximum atomic E-state index is 12.8. The summed E-state index contributed by atoms with van der Waals surface area (Å²) in [5.74, 6) is -0.0758. The molecule has 17 heavy (non-hydrogen) atoms. The summed E-state index contributed by atoms with van der Waals surface area (Å²) in [4.78, 5) is 11.5. The van der Waals surface area contributed by atoms with Crippen molar-refractivity contribution < 1.29 is 13.9 Å². The predicted molar refractivity (Wildman–Crippen MR) is 63.0 cm³/mol. The number of amides is 1. The molecule has 0 bridgehead atoms. The Bertz CT molecular complexity index is 419. The van der Waals surface area contributed by atoms with Crippen molar-refractivity contribution >= 4 is 17.3 Å². The van der Waals surface area contributed by atoms with Crippen molar-refractivity contribution in [2.45, 2.75) is 12.8 Å². The van der Waals surface area contributed by atoms with Gasteiger partial charge in [-0.05, 0) is 37.0 Å². The first-order valence-corrected chi connectivity index (χ1v) is 5.58. The first kappa shape index (κ1) is 11.9. The quantitative estimate of drug-likeness (QED) is 0.768. The van der Waals surface area contributed by atoms with E-state index >= 15 is 0 Å². The smallest absolute Gasteiger partial charge is 0.250 e. The van der Waals surface area contributed by atoms with Gasteiger partial charge in [-0.25, -0.2) is 4.39 Å². The van der Waals surface area contributed by atoms with Gasteiger partial charge in [-0.2, -0.15) is 0 Å². The van der Waals surface area contributed by atoms with Gasteiger partial charge in [0, 0.05) is 0 Å². The minimum Gasteiger partial charge on any atom is -0.397 e. The largest absolute Gasteiger partial charge is 0.397 e. The summed E-state index contributed by atoms with van der Waals surface area (Å²) in [6.07, 6.45) is 2.37. The van der Waals surface area contributed by atoms with E-state index in [-0.39, 0.29) is 18.2 Å². The lowest BCUT2D eigenvalue weighted by Crippen LogP contribution is -2.19. The molecule has 3 N–H and O–H groups in total. The van der Waals surface area contributed by atoms with Crippen molar-refractivity contribution in [3.8, 4) is 0 Å². The van der Waals surface area contributed by atoms with Crippen molar-refractivity contribution in [3.63, 3.8) is 0 Å². The van der Waals surface area contributed by atoms with Crippen LogP contribution in [0.2, 0.25) is 0 Å². The zero-order valence-electron chi connectivity index (χ0n) is 9.41. The fraction of sp³-hybridized carbons (Fsp3) is 0.417. The molecule has 1 aromatic rings. The second-order valence-electron chi connectivity index (χ2n) is 4.24. The van der Waals surface area contributed by atoms with Crippen LogP contribution in [0.3, 0.4) is 0 Å². The molecular weight excluding hydrogens is 223 g/mol. The Balaban J connectivity index is 1.79. The average molecular weight is 238 g/mol. The number of ether oxygens (including phenoxy) is 1. The Labute approximate surface area is 98.9 Å². The van der Waals surface area contributed by atoms with E-state index in [0.717, 1.165) is 0 Å². The third kappa shape index (κ3) is 3.71. The monoisotopic (exact) mass is 238 g/mol. The van der Waals surface area contributed by atoms with Gasteiger partial charge in [-0.1, -0.05) is 0 Å². The topological polar surface area (TPSA) is 64.3 Å². The molecule has 92 valence electrons. The molecule has 1 aliphatic rings. The third-order valence-corrected chi connectivity index (χ3v) is 2.57. The number of rotatable bonds is 5. The fourth-order valence-corrected chi connectivity index (χ4v) is 1.44. The SMILES string of the molecule is Nc1cc(F)ccc1NC(=O)COCC1CC1. The summed E-state index contributed by atoms with van der Waals surface area (Å²) >= 11 is 0. The molecule has 0 radical (unpaired) electrons. The van der Waals surface area contributed by atoms with Gasteiger partial charge in [0.2, 0.25) is 5.91 Å². The summed E-state index contributed by atoms with van der Waals surface area (Å²) in [5, 5.41) is 2.58. The van der Waals surface area contributed by atoms with E-state index in [2.05, 4.69) is 5.32 Å². The van der Waals surface area contributed by atoms with Crippen LogP contribution in [0.5, 0.6) is 0 Å². The lowest BCUT2D eigenvalue weighted by Gasteiger charge is -2.08. The van der Waals surface area contributed by atoms with Gasteiger partial charge in [-0.15, -0.1) is 0 Å². The highest BCUT2D eigenvalue weighted by atomic mass is 19.1. The molecule has 0 aromatic heterocycles. The van der Waals surface area contributed by atoms with Crippen LogP contribution < -0.4 is 11.1 Å². The molecule has 1 aromatic carbocycles. The van der Waals surface area contributed by atoms with Crippen LogP contribution in [-0.4, -0.2) is 19.1 Å². The van der Waals surface area contributed by atoms with Crippen molar-refractivity contribution in [1.29, 1.82) is 0 Å². The molecule has 5 heteroatoms. The number of nitrogen functional groups attached to an aromatic ring is 1. The van der Waals surface area contributed by atoms with Gasteiger partial charge in [0.25, 0.3) is 0 Å². The third-order valence-electron chi connectivity index (χ3n) is 2.57. The highest BCUT2D eigenvalue weighted by Crippen LogP contribution is 2.28. The Morgan fingerprint density at radius 3 is 2.94 bits per heavy atom. The number of nitrogens with one attached hydrogen (secondary N) is 1. The lowest BCUT2D eigenvalue weighted by atomic mass is 10.2. The van der Waals surface area contributed by atoms with Crippen molar-refractivity contribution in [1.82, 2.24) is 0 Å². The minimum absolute atomic E-state index is 0.00726. The van der Waals surface area contributed by atoms with Gasteiger partial charge in [0.1, 0.15) is 12.4 Å². The molecule has 0 saturated heterocycles. The van der Waals surface area contributed by atoms with Crippen LogP contribution in [0.25, 0.3) is 0 Å². The van der Waals surface area contributed by atoms with Gasteiger partial charge in [-0.3, -0.25) is 4.79 Å². The summed E-state index contributed by atoms with van der Waals surface area (Å²) in [6.45, 7) is 0.639. The summed E-state index contributed by atoms with van der Waals surface area (Å²) < 4.78 is 18.0. The molecule has 4 nitrogen and oxygen atoms in total. The second kappa shape index (κ2) is 5.14. The number of nitrogens with two attached hydrogens (primary N) is 1. The van der Waals surface area contributed by atoms with E-state index in [1.165, 1.54) is 31.0 Å². The highest BCUT2D eigenvalue weighted by molar-refractivity contribution is 5.94. The zero-order chi connectivity index (χ0) is 12.3. The molecule has 0 unspecified atom stereocenters. The first-order chi connectivity index (χ1) is 8.15. The molecule has 0 heterocycles. The number of hydrogen-bond acceptors (Lipinski definition) is 3. The number of halogens is 1. The standard InChI is InChI=1S/C12H15FN2O2/c13-9-3-4-11(10(14)5-9)15-12(16)7-17-6-8-1-2-8/h3-5,8H,1-2,6-7,14H2,(H,15,16). The summed E-state index contributed by atoms with van der Waals surface area (Å²) in [5.41, 5.74) is 6.18. The Morgan fingerprint density at radius 2 is 2.29 bits per heavy atom. The van der Waals surface area contributed by atoms with E-state index in [1.54, 1.807) is 0 Å². The number of benzene rings is 1. The molecular formula is C12H15FN2O2. The molecule has 2 rings (SSSR count). The maximum Gasteiger partial charge on any atom is 0.250 e. The van der Waals surface area contributed by atoms with E-state index in [1.807, 2.05) is 0 Å². The van der Waals surface area contributed by atoms with Crippen molar-refractivity contribution in [3.05, 3.63) is 24.0 Å². The lowest BCUT2D eigenvalue weighted by molar-refractivity contribution is -0.120. The first-order valence-electron chi connectivity index (χ1n) is 5.58. The summed E-state index contributed by atoms with van der Waals surface area (Å²) in [6, 6.07) is 3.85. The normalized spacial score (nSPS) is 14.6. The molecule has 1 fully saturated rings. The number of hydrogen-bond donors (Lipinski definition) is 2. The summed E-state index contributed by atoms with van der Waals surface area (Å²) in [7, 11) is 0. The van der Waals surface area contributed by atoms with Gasteiger partial charge >= 0.3 is 0 Å². The predicted octanol–water partition coefficient (Wildman–Crippen LogP) is 1.77. The molecule has 0 spiro atoms.